The molecule has 2 aromatic rings. The number of amides is 1. The second kappa shape index (κ2) is 11.1. The van der Waals surface area contributed by atoms with Gasteiger partial charge in [-0.15, -0.1) is 11.3 Å². The van der Waals surface area contributed by atoms with Gasteiger partial charge in [-0.1, -0.05) is 23.4 Å². The van der Waals surface area contributed by atoms with E-state index in [1.165, 1.54) is 23.1 Å². The Balaban J connectivity index is 1.62. The minimum Gasteiger partial charge on any atom is -0.492 e. The van der Waals surface area contributed by atoms with Crippen LogP contribution in [0.3, 0.4) is 0 Å². The molecule has 0 fully saturated rings. The first-order chi connectivity index (χ1) is 12.6. The molecule has 6 nitrogen and oxygen atoms in total. The fourth-order valence-electron chi connectivity index (χ4n) is 1.86. The summed E-state index contributed by atoms with van der Waals surface area (Å²) in [5.41, 5.74) is 0.660. The Labute approximate surface area is 165 Å². The van der Waals surface area contributed by atoms with Gasteiger partial charge in [0.05, 0.1) is 31.0 Å². The van der Waals surface area contributed by atoms with E-state index >= 15 is 0 Å². The van der Waals surface area contributed by atoms with Gasteiger partial charge in [-0.2, -0.15) is 0 Å². The van der Waals surface area contributed by atoms with Crippen LogP contribution < -0.4 is 10.1 Å². The van der Waals surface area contributed by atoms with Gasteiger partial charge in [0.15, 0.2) is 4.34 Å². The second-order valence-electron chi connectivity index (χ2n) is 5.03. The number of carbonyl (C=O) groups excluding carboxylic acids is 2. The van der Waals surface area contributed by atoms with Crippen molar-refractivity contribution in [2.75, 3.05) is 25.5 Å². The maximum absolute atomic E-state index is 11.8. The zero-order valence-electron chi connectivity index (χ0n) is 14.2. The molecule has 1 N–H and O–H groups in total. The van der Waals surface area contributed by atoms with Gasteiger partial charge in [-0.3, -0.25) is 9.59 Å². The molecule has 0 aliphatic carbocycles. The van der Waals surface area contributed by atoms with Crippen LogP contribution in [0.5, 0.6) is 5.75 Å². The van der Waals surface area contributed by atoms with Crippen LogP contribution in [-0.4, -0.2) is 42.4 Å². The number of thiazole rings is 1. The minimum absolute atomic E-state index is 0.100. The summed E-state index contributed by atoms with van der Waals surface area (Å²) in [4.78, 5) is 27.6. The number of nitrogens with one attached hydrogen (secondary N) is 1. The number of nitrogens with zero attached hydrogens (tertiary/aromatic N) is 1. The van der Waals surface area contributed by atoms with E-state index in [1.807, 2.05) is 0 Å². The molecule has 0 saturated carbocycles. The SMILES string of the molecule is CCOC(=O)Cc1csc(SCC(=O)NCCOc2ccc(Cl)cc2)n1. The van der Waals surface area contributed by atoms with Crippen LogP contribution in [0.1, 0.15) is 12.6 Å². The summed E-state index contributed by atoms with van der Waals surface area (Å²) in [7, 11) is 0. The van der Waals surface area contributed by atoms with E-state index in [9.17, 15) is 9.59 Å². The Bertz CT molecular complexity index is 722. The molecule has 0 spiro atoms. The predicted molar refractivity (Wildman–Crippen MR) is 103 cm³/mol. The van der Waals surface area contributed by atoms with Gasteiger partial charge in [0.25, 0.3) is 0 Å². The number of esters is 1. The summed E-state index contributed by atoms with van der Waals surface area (Å²) >= 11 is 8.54. The maximum Gasteiger partial charge on any atom is 0.311 e. The Morgan fingerprint density at radius 3 is 2.81 bits per heavy atom. The highest BCUT2D eigenvalue weighted by atomic mass is 35.5. The molecule has 0 aliphatic heterocycles. The van der Waals surface area contributed by atoms with E-state index in [1.54, 1.807) is 36.6 Å². The van der Waals surface area contributed by atoms with Crippen LogP contribution >= 0.6 is 34.7 Å². The van der Waals surface area contributed by atoms with Crippen molar-refractivity contribution in [1.29, 1.82) is 0 Å². The van der Waals surface area contributed by atoms with Crippen LogP contribution in [0, 0.1) is 0 Å². The molecule has 0 radical (unpaired) electrons. The van der Waals surface area contributed by atoms with Gasteiger partial charge in [0.1, 0.15) is 12.4 Å². The van der Waals surface area contributed by atoms with Gasteiger partial charge in [0.2, 0.25) is 5.91 Å². The number of ether oxygens (including phenoxy) is 2. The number of halogens is 1. The van der Waals surface area contributed by atoms with Crippen LogP contribution in [0.2, 0.25) is 5.02 Å². The fraction of sp³-hybridized carbons (Fsp3) is 0.353. The number of benzene rings is 1. The molecule has 0 atom stereocenters. The molecule has 0 unspecified atom stereocenters. The van der Waals surface area contributed by atoms with E-state index in [2.05, 4.69) is 10.3 Å². The zero-order valence-corrected chi connectivity index (χ0v) is 16.6. The third-order valence-corrected chi connectivity index (χ3v) is 5.32. The number of aromatic nitrogens is 1. The molecule has 0 aliphatic rings. The number of carbonyl (C=O) groups is 2. The van der Waals surface area contributed by atoms with Gasteiger partial charge in [-0.05, 0) is 31.2 Å². The van der Waals surface area contributed by atoms with E-state index < -0.39 is 0 Å². The summed E-state index contributed by atoms with van der Waals surface area (Å²) in [5.74, 6) is 0.562. The van der Waals surface area contributed by atoms with Gasteiger partial charge in [-0.25, -0.2) is 4.98 Å². The van der Waals surface area contributed by atoms with Crippen molar-refractivity contribution in [3.05, 3.63) is 40.4 Å². The molecule has 1 aromatic heterocycles. The van der Waals surface area contributed by atoms with E-state index in [0.29, 0.717) is 36.2 Å². The van der Waals surface area contributed by atoms with Crippen molar-refractivity contribution >= 4 is 46.6 Å². The van der Waals surface area contributed by atoms with Crippen molar-refractivity contribution in [2.45, 2.75) is 17.7 Å². The topological polar surface area (TPSA) is 77.5 Å². The molecular weight excluding hydrogens is 396 g/mol. The highest BCUT2D eigenvalue weighted by Crippen LogP contribution is 2.22. The average Bonchev–Trinajstić information content (AvgIpc) is 3.06. The van der Waals surface area contributed by atoms with Gasteiger partial charge < -0.3 is 14.8 Å². The smallest absolute Gasteiger partial charge is 0.311 e. The quantitative estimate of drug-likeness (QED) is 0.365. The molecule has 1 heterocycles. The minimum atomic E-state index is -0.298. The molecule has 0 saturated heterocycles. The standard InChI is InChI=1S/C17H19ClN2O4S2/c1-2-23-16(22)9-13-10-25-17(20-13)26-11-15(21)19-7-8-24-14-5-3-12(18)4-6-14/h3-6,10H,2,7-9,11H2,1H3,(H,19,21). The lowest BCUT2D eigenvalue weighted by Crippen LogP contribution is -2.29. The van der Waals surface area contributed by atoms with E-state index in [-0.39, 0.29) is 24.1 Å². The third-order valence-electron chi connectivity index (χ3n) is 2.99. The zero-order chi connectivity index (χ0) is 18.8. The van der Waals surface area contributed by atoms with Crippen molar-refractivity contribution in [2.24, 2.45) is 0 Å². The summed E-state index contributed by atoms with van der Waals surface area (Å²) < 4.78 is 11.1. The first-order valence-corrected chi connectivity index (χ1v) is 10.2. The van der Waals surface area contributed by atoms with E-state index in [4.69, 9.17) is 21.1 Å². The van der Waals surface area contributed by atoms with Gasteiger partial charge in [0, 0.05) is 10.4 Å². The first-order valence-electron chi connectivity index (χ1n) is 7.94. The Morgan fingerprint density at radius 2 is 2.08 bits per heavy atom. The number of hydrogen-bond acceptors (Lipinski definition) is 7. The fourth-order valence-corrected chi connectivity index (χ4v) is 3.66. The lowest BCUT2D eigenvalue weighted by Gasteiger charge is -2.07. The number of thioether (sulfide) groups is 1. The lowest BCUT2D eigenvalue weighted by atomic mass is 10.3. The molecule has 2 rings (SSSR count). The summed E-state index contributed by atoms with van der Waals surface area (Å²) in [6.07, 6.45) is 0.152. The predicted octanol–water partition coefficient (Wildman–Crippen LogP) is 3.19. The van der Waals surface area contributed by atoms with Crippen molar-refractivity contribution in [3.63, 3.8) is 0 Å². The second-order valence-corrected chi connectivity index (χ2v) is 7.54. The van der Waals surface area contributed by atoms with Crippen molar-refractivity contribution in [3.8, 4) is 5.75 Å². The third kappa shape index (κ3) is 7.63. The van der Waals surface area contributed by atoms with Crippen molar-refractivity contribution < 1.29 is 19.1 Å². The largest absolute Gasteiger partial charge is 0.492 e. The highest BCUT2D eigenvalue weighted by Gasteiger charge is 2.10. The molecule has 1 aromatic carbocycles. The summed E-state index contributed by atoms with van der Waals surface area (Å²) in [5, 5.41) is 5.23. The van der Waals surface area contributed by atoms with Crippen LogP contribution in [-0.2, 0) is 20.7 Å². The molecular formula is C17H19ClN2O4S2. The van der Waals surface area contributed by atoms with Crippen LogP contribution in [0.25, 0.3) is 0 Å². The van der Waals surface area contributed by atoms with Crippen molar-refractivity contribution in [1.82, 2.24) is 10.3 Å². The van der Waals surface area contributed by atoms with Gasteiger partial charge >= 0.3 is 5.97 Å². The highest BCUT2D eigenvalue weighted by molar-refractivity contribution is 8.01. The lowest BCUT2D eigenvalue weighted by molar-refractivity contribution is -0.142. The summed E-state index contributed by atoms with van der Waals surface area (Å²) in [6.45, 7) is 2.90. The normalized spacial score (nSPS) is 10.4. The monoisotopic (exact) mass is 414 g/mol. The number of hydrogen-bond donors (Lipinski definition) is 1. The van der Waals surface area contributed by atoms with E-state index in [0.717, 1.165) is 4.34 Å². The first kappa shape index (κ1) is 20.5. The average molecular weight is 415 g/mol. The Hall–Kier alpha value is -1.77. The molecule has 0 bridgehead atoms. The molecule has 9 heteroatoms. The summed E-state index contributed by atoms with van der Waals surface area (Å²) in [6, 6.07) is 7.04. The maximum atomic E-state index is 11.8. The van der Waals surface area contributed by atoms with Crippen LogP contribution in [0.15, 0.2) is 34.0 Å². The van der Waals surface area contributed by atoms with Crippen LogP contribution in [0.4, 0.5) is 0 Å². The Kier molecular flexibility index (Phi) is 8.73. The number of rotatable bonds is 10. The molecule has 26 heavy (non-hydrogen) atoms. The Morgan fingerprint density at radius 1 is 1.31 bits per heavy atom. The molecule has 1 amide bonds. The molecule has 140 valence electrons.